The van der Waals surface area contributed by atoms with Crippen LogP contribution >= 0.6 is 11.6 Å². The molecule has 2 rings (SSSR count). The van der Waals surface area contributed by atoms with Crippen molar-refractivity contribution in [3.63, 3.8) is 0 Å². The molecule has 1 heterocycles. The lowest BCUT2D eigenvalue weighted by molar-refractivity contribution is 0.0940. The first-order chi connectivity index (χ1) is 10.1. The average molecular weight is 304 g/mol. The highest BCUT2D eigenvalue weighted by Gasteiger charge is 2.15. The molecule has 0 saturated carbocycles. The SMILES string of the molecule is CCNc1ccc(Cl)cc1C(=O)NC(C)c1ccncc1. The Balaban J connectivity index is 2.18. The van der Waals surface area contributed by atoms with Gasteiger partial charge in [0.15, 0.2) is 0 Å². The standard InChI is InChI=1S/C16H18ClN3O/c1-3-19-15-5-4-13(17)10-14(15)16(21)20-11(2)12-6-8-18-9-7-12/h4-11,19H,3H2,1-2H3,(H,20,21). The third-order valence-electron chi connectivity index (χ3n) is 3.15. The third kappa shape index (κ3) is 3.95. The van der Waals surface area contributed by atoms with Crippen molar-refractivity contribution in [2.75, 3.05) is 11.9 Å². The fraction of sp³-hybridized carbons (Fsp3) is 0.250. The smallest absolute Gasteiger partial charge is 0.253 e. The number of rotatable bonds is 5. The summed E-state index contributed by atoms with van der Waals surface area (Å²) in [4.78, 5) is 16.4. The van der Waals surface area contributed by atoms with E-state index in [1.807, 2.05) is 32.0 Å². The summed E-state index contributed by atoms with van der Waals surface area (Å²) in [6.07, 6.45) is 3.42. The molecule has 0 aliphatic heterocycles. The summed E-state index contributed by atoms with van der Waals surface area (Å²) in [5.74, 6) is -0.155. The molecule has 5 heteroatoms. The second-order valence-corrected chi connectivity index (χ2v) is 5.13. The van der Waals surface area contributed by atoms with Crippen LogP contribution in [0.15, 0.2) is 42.7 Å². The van der Waals surface area contributed by atoms with E-state index >= 15 is 0 Å². The zero-order valence-electron chi connectivity index (χ0n) is 12.1. The normalized spacial score (nSPS) is 11.8. The van der Waals surface area contributed by atoms with Crippen molar-refractivity contribution in [3.05, 3.63) is 58.9 Å². The molecular weight excluding hydrogens is 286 g/mol. The van der Waals surface area contributed by atoms with Crippen LogP contribution in [0.3, 0.4) is 0 Å². The van der Waals surface area contributed by atoms with Gasteiger partial charge in [0.1, 0.15) is 0 Å². The number of aromatic nitrogens is 1. The van der Waals surface area contributed by atoms with Crippen LogP contribution in [-0.4, -0.2) is 17.4 Å². The number of carbonyl (C=O) groups is 1. The molecule has 0 aliphatic carbocycles. The van der Waals surface area contributed by atoms with Gasteiger partial charge in [0, 0.05) is 29.6 Å². The van der Waals surface area contributed by atoms with Gasteiger partial charge in [-0.3, -0.25) is 9.78 Å². The molecule has 0 saturated heterocycles. The minimum absolute atomic E-state index is 0.103. The largest absolute Gasteiger partial charge is 0.385 e. The molecule has 2 N–H and O–H groups in total. The monoisotopic (exact) mass is 303 g/mol. The summed E-state index contributed by atoms with van der Waals surface area (Å²) >= 11 is 6.00. The van der Waals surface area contributed by atoms with Crippen LogP contribution in [0.1, 0.15) is 35.8 Å². The second kappa shape index (κ2) is 7.09. The van der Waals surface area contributed by atoms with Crippen molar-refractivity contribution in [3.8, 4) is 0 Å². The maximum absolute atomic E-state index is 12.5. The molecule has 0 aliphatic rings. The Hall–Kier alpha value is -2.07. The number of nitrogens with one attached hydrogen (secondary N) is 2. The molecule has 0 fully saturated rings. The number of amides is 1. The number of benzene rings is 1. The maximum atomic E-state index is 12.5. The van der Waals surface area contributed by atoms with Gasteiger partial charge in [-0.05, 0) is 49.7 Å². The molecule has 2 aromatic rings. The molecule has 0 bridgehead atoms. The molecule has 1 atom stereocenters. The van der Waals surface area contributed by atoms with Gasteiger partial charge in [0.25, 0.3) is 5.91 Å². The number of hydrogen-bond acceptors (Lipinski definition) is 3. The summed E-state index contributed by atoms with van der Waals surface area (Å²) in [6, 6.07) is 8.92. The fourth-order valence-corrected chi connectivity index (χ4v) is 2.23. The molecule has 21 heavy (non-hydrogen) atoms. The zero-order valence-corrected chi connectivity index (χ0v) is 12.8. The van der Waals surface area contributed by atoms with Gasteiger partial charge >= 0.3 is 0 Å². The lowest BCUT2D eigenvalue weighted by atomic mass is 10.1. The molecular formula is C16H18ClN3O. The summed E-state index contributed by atoms with van der Waals surface area (Å²) in [6.45, 7) is 4.66. The zero-order chi connectivity index (χ0) is 15.2. The first-order valence-corrected chi connectivity index (χ1v) is 7.23. The Kier molecular flexibility index (Phi) is 5.17. The summed E-state index contributed by atoms with van der Waals surface area (Å²) in [7, 11) is 0. The molecule has 1 aromatic carbocycles. The Morgan fingerprint density at radius 3 is 2.67 bits per heavy atom. The molecule has 0 radical (unpaired) electrons. The Bertz CT molecular complexity index is 616. The van der Waals surface area contributed by atoms with E-state index in [0.29, 0.717) is 10.6 Å². The molecule has 110 valence electrons. The number of halogens is 1. The van der Waals surface area contributed by atoms with E-state index < -0.39 is 0 Å². The van der Waals surface area contributed by atoms with Crippen molar-refractivity contribution in [1.29, 1.82) is 0 Å². The Labute approximate surface area is 129 Å². The minimum atomic E-state index is -0.155. The van der Waals surface area contributed by atoms with Crippen molar-refractivity contribution in [2.45, 2.75) is 19.9 Å². The highest BCUT2D eigenvalue weighted by molar-refractivity contribution is 6.31. The number of carbonyl (C=O) groups excluding carboxylic acids is 1. The molecule has 0 spiro atoms. The van der Waals surface area contributed by atoms with Crippen LogP contribution in [0.4, 0.5) is 5.69 Å². The first-order valence-electron chi connectivity index (χ1n) is 6.86. The van der Waals surface area contributed by atoms with Gasteiger partial charge in [0.2, 0.25) is 0 Å². The number of pyridine rings is 1. The predicted molar refractivity (Wildman–Crippen MR) is 85.7 cm³/mol. The predicted octanol–water partition coefficient (Wildman–Crippen LogP) is 3.66. The number of anilines is 1. The summed E-state index contributed by atoms with van der Waals surface area (Å²) in [5.41, 5.74) is 2.33. The van der Waals surface area contributed by atoms with Crippen molar-refractivity contribution < 1.29 is 4.79 Å². The van der Waals surface area contributed by atoms with Crippen LogP contribution < -0.4 is 10.6 Å². The van der Waals surface area contributed by atoms with E-state index in [1.54, 1.807) is 24.5 Å². The quantitative estimate of drug-likeness (QED) is 0.886. The third-order valence-corrected chi connectivity index (χ3v) is 3.38. The lowest BCUT2D eigenvalue weighted by Crippen LogP contribution is -2.27. The number of nitrogens with zero attached hydrogens (tertiary/aromatic N) is 1. The van der Waals surface area contributed by atoms with E-state index in [-0.39, 0.29) is 11.9 Å². The van der Waals surface area contributed by atoms with Crippen LogP contribution in [0.25, 0.3) is 0 Å². The fourth-order valence-electron chi connectivity index (χ4n) is 2.06. The van der Waals surface area contributed by atoms with Crippen LogP contribution in [0, 0.1) is 0 Å². The Morgan fingerprint density at radius 1 is 1.29 bits per heavy atom. The van der Waals surface area contributed by atoms with Crippen molar-refractivity contribution in [1.82, 2.24) is 10.3 Å². The molecule has 1 aromatic heterocycles. The Morgan fingerprint density at radius 2 is 2.00 bits per heavy atom. The van der Waals surface area contributed by atoms with Crippen LogP contribution in [0.5, 0.6) is 0 Å². The van der Waals surface area contributed by atoms with Gasteiger partial charge in [-0.2, -0.15) is 0 Å². The van der Waals surface area contributed by atoms with Crippen molar-refractivity contribution >= 4 is 23.2 Å². The second-order valence-electron chi connectivity index (χ2n) is 4.70. The van der Waals surface area contributed by atoms with E-state index in [4.69, 9.17) is 11.6 Å². The topological polar surface area (TPSA) is 54.0 Å². The summed E-state index contributed by atoms with van der Waals surface area (Å²) < 4.78 is 0. The van der Waals surface area contributed by atoms with E-state index in [1.165, 1.54) is 0 Å². The molecule has 1 amide bonds. The van der Waals surface area contributed by atoms with Gasteiger partial charge in [0.05, 0.1) is 11.6 Å². The van der Waals surface area contributed by atoms with E-state index in [0.717, 1.165) is 17.8 Å². The first kappa shape index (κ1) is 15.3. The van der Waals surface area contributed by atoms with Gasteiger partial charge in [-0.1, -0.05) is 11.6 Å². The van der Waals surface area contributed by atoms with Crippen LogP contribution in [-0.2, 0) is 0 Å². The molecule has 4 nitrogen and oxygen atoms in total. The summed E-state index contributed by atoms with van der Waals surface area (Å²) in [5, 5.41) is 6.68. The average Bonchev–Trinajstić information content (AvgIpc) is 2.50. The van der Waals surface area contributed by atoms with Gasteiger partial charge < -0.3 is 10.6 Å². The minimum Gasteiger partial charge on any atom is -0.385 e. The van der Waals surface area contributed by atoms with Gasteiger partial charge in [-0.25, -0.2) is 0 Å². The molecule has 1 unspecified atom stereocenters. The highest BCUT2D eigenvalue weighted by Crippen LogP contribution is 2.22. The lowest BCUT2D eigenvalue weighted by Gasteiger charge is -2.16. The number of hydrogen-bond donors (Lipinski definition) is 2. The van der Waals surface area contributed by atoms with E-state index in [9.17, 15) is 4.79 Å². The van der Waals surface area contributed by atoms with Gasteiger partial charge in [-0.15, -0.1) is 0 Å². The highest BCUT2D eigenvalue weighted by atomic mass is 35.5. The maximum Gasteiger partial charge on any atom is 0.253 e. The van der Waals surface area contributed by atoms with Crippen molar-refractivity contribution in [2.24, 2.45) is 0 Å². The van der Waals surface area contributed by atoms with Crippen LogP contribution in [0.2, 0.25) is 5.02 Å². The van der Waals surface area contributed by atoms with E-state index in [2.05, 4.69) is 15.6 Å².